The van der Waals surface area contributed by atoms with Gasteiger partial charge < -0.3 is 48.9 Å². The molecule has 2 aliphatic heterocycles. The van der Waals surface area contributed by atoms with Crippen LogP contribution in [-0.4, -0.2) is 109 Å². The molecule has 77 heavy (non-hydrogen) atoms. The molecule has 0 radical (unpaired) electrons. The first-order valence-corrected chi connectivity index (χ1v) is 23.9. The van der Waals surface area contributed by atoms with Gasteiger partial charge in [-0.05, 0) is 84.0 Å². The number of hydrogen-bond donors (Lipinski definition) is 2. The maximum atomic E-state index is 14.6. The topological polar surface area (TPSA) is 143 Å². The number of likely N-dealkylation sites (tertiary alicyclic amines) is 2. The zero-order chi connectivity index (χ0) is 55.1. The van der Waals surface area contributed by atoms with Crippen molar-refractivity contribution >= 4 is 51.9 Å². The van der Waals surface area contributed by atoms with E-state index in [4.69, 9.17) is 15.2 Å². The van der Waals surface area contributed by atoms with Gasteiger partial charge in [-0.15, -0.1) is 38.7 Å². The van der Waals surface area contributed by atoms with Gasteiger partial charge in [0.2, 0.25) is 0 Å². The molecule has 0 bridgehead atoms. The van der Waals surface area contributed by atoms with Gasteiger partial charge in [-0.25, -0.2) is 8.78 Å². The van der Waals surface area contributed by atoms with E-state index in [0.29, 0.717) is 67.4 Å². The lowest BCUT2D eigenvalue weighted by atomic mass is 9.88. The number of fused-ring (bicyclic) bond motifs is 2. The number of ether oxygens (including phenoxy) is 4. The van der Waals surface area contributed by atoms with Crippen molar-refractivity contribution in [2.24, 2.45) is 5.73 Å². The van der Waals surface area contributed by atoms with Gasteiger partial charge >= 0.3 is 24.8 Å². The second-order valence-corrected chi connectivity index (χ2v) is 18.1. The average Bonchev–Trinajstić information content (AvgIpc) is 3.96. The highest BCUT2D eigenvalue weighted by Gasteiger charge is 2.39. The monoisotopic (exact) mass is 1120 g/mol. The highest BCUT2D eigenvalue weighted by molar-refractivity contribution is 6.09. The summed E-state index contributed by atoms with van der Waals surface area (Å²) in [5.74, 6) is -4.86. The Morgan fingerprint density at radius 1 is 0.610 bits per heavy atom. The van der Waals surface area contributed by atoms with E-state index in [0.717, 1.165) is 17.7 Å². The number of halogens is 12. The Bertz CT molecular complexity index is 3020. The summed E-state index contributed by atoms with van der Waals surface area (Å²) >= 11 is 0. The third-order valence-electron chi connectivity index (χ3n) is 13.2. The van der Waals surface area contributed by atoms with Gasteiger partial charge in [-0.3, -0.25) is 14.4 Å². The molecule has 0 aliphatic carbocycles. The van der Waals surface area contributed by atoms with E-state index in [1.54, 1.807) is 39.2 Å². The molecule has 13 nitrogen and oxygen atoms in total. The molecule has 25 heteroatoms. The summed E-state index contributed by atoms with van der Waals surface area (Å²) in [4.78, 5) is 41.2. The number of alkyl halides is 9. The number of rotatable bonds is 15. The number of carbonyl (C=O) groups is 3. The SMILES string of the molecule is COCCn1cc(C(=O)N2CCC(c3cc(CN)ccc3F)CC2)c2cccc(OC(F)(F)F)c21.COCCn1cc(C(=O)N2CCC(c3cc(CNC(=O)C(F)(F)F)ccc3F)CC2)c2cccc(OC(F)(F)F)c21.Cl. The van der Waals surface area contributed by atoms with Gasteiger partial charge in [-0.2, -0.15) is 13.2 Å². The largest absolute Gasteiger partial charge is 0.573 e. The van der Waals surface area contributed by atoms with Crippen LogP contribution in [0.3, 0.4) is 0 Å². The standard InChI is InChI=1S/C27H26F7N3O4.C25H27F4N3O3.ClH/c1-40-12-11-37-15-20(18-3-2-4-22(23(18)37)41-27(32,33)34)24(38)36-9-7-17(8-10-36)19-13-16(5-6-21(19)28)14-35-25(39)26(29,30)31;1-34-12-11-32-15-20(18-3-2-4-22(23(18)32)35-25(27,28)29)24(33)31-9-7-17(8-10-31)19-13-16(14-30)5-6-21(19)26;/h2-6,13,15,17H,7-12,14H2,1H3,(H,35,39);2-6,13,15,17H,7-12,14,30H2,1H3;1H. The summed E-state index contributed by atoms with van der Waals surface area (Å²) in [6.45, 7) is 1.94. The van der Waals surface area contributed by atoms with Crippen LogP contribution < -0.4 is 20.5 Å². The fraction of sp³-hybridized carbons (Fsp3) is 0.404. The number of hydrogen-bond acceptors (Lipinski definition) is 8. The lowest BCUT2D eigenvalue weighted by Crippen LogP contribution is -2.38. The fourth-order valence-corrected chi connectivity index (χ4v) is 9.60. The van der Waals surface area contributed by atoms with Crippen molar-refractivity contribution in [1.82, 2.24) is 24.3 Å². The lowest BCUT2D eigenvalue weighted by molar-refractivity contribution is -0.275. The summed E-state index contributed by atoms with van der Waals surface area (Å²) in [5, 5.41) is 2.40. The summed E-state index contributed by atoms with van der Waals surface area (Å²) in [6, 6.07) is 17.0. The van der Waals surface area contributed by atoms with E-state index in [-0.39, 0.29) is 109 Å². The molecular weight excluding hydrogens is 1070 g/mol. The molecular formula is C52H54ClF11N6O7. The third-order valence-corrected chi connectivity index (χ3v) is 13.2. The minimum absolute atomic E-state index is 0. The second kappa shape index (κ2) is 25.2. The summed E-state index contributed by atoms with van der Waals surface area (Å²) in [5.41, 5.74) is 8.44. The first-order valence-electron chi connectivity index (χ1n) is 23.9. The number of nitrogens with two attached hydrogens (primary N) is 1. The number of para-hydroxylation sites is 2. The van der Waals surface area contributed by atoms with E-state index in [9.17, 15) is 62.7 Å². The van der Waals surface area contributed by atoms with Crippen LogP contribution >= 0.6 is 12.4 Å². The zero-order valence-electron chi connectivity index (χ0n) is 41.4. The van der Waals surface area contributed by atoms with Gasteiger partial charge in [0.1, 0.15) is 11.6 Å². The van der Waals surface area contributed by atoms with Crippen LogP contribution in [0, 0.1) is 11.6 Å². The Morgan fingerprint density at radius 2 is 1.01 bits per heavy atom. The number of amides is 3. The minimum Gasteiger partial charge on any atom is -0.404 e. The molecule has 4 heterocycles. The Labute approximate surface area is 440 Å². The number of methoxy groups -OCH3 is 2. The predicted octanol–water partition coefficient (Wildman–Crippen LogP) is 10.7. The molecule has 2 aliphatic rings. The van der Waals surface area contributed by atoms with E-state index in [1.807, 2.05) is 0 Å². The van der Waals surface area contributed by atoms with Gasteiger partial charge in [0.25, 0.3) is 11.8 Å². The van der Waals surface area contributed by atoms with Crippen molar-refractivity contribution in [3.63, 3.8) is 0 Å². The number of aromatic nitrogens is 2. The maximum absolute atomic E-state index is 14.6. The smallest absolute Gasteiger partial charge is 0.404 e. The maximum Gasteiger partial charge on any atom is 0.573 e. The molecule has 2 saturated heterocycles. The molecule has 0 saturated carbocycles. The van der Waals surface area contributed by atoms with Crippen molar-refractivity contribution in [2.75, 3.05) is 53.6 Å². The number of nitrogens with one attached hydrogen (secondary N) is 1. The van der Waals surface area contributed by atoms with Crippen LogP contribution in [0.4, 0.5) is 48.3 Å². The van der Waals surface area contributed by atoms with Crippen LogP contribution in [-0.2, 0) is 40.4 Å². The first kappa shape index (κ1) is 59.6. The van der Waals surface area contributed by atoms with Gasteiger partial charge in [0.05, 0.1) is 35.4 Å². The lowest BCUT2D eigenvalue weighted by Gasteiger charge is -2.32. The van der Waals surface area contributed by atoms with Crippen molar-refractivity contribution in [3.8, 4) is 11.5 Å². The Morgan fingerprint density at radius 3 is 1.39 bits per heavy atom. The van der Waals surface area contributed by atoms with Crippen LogP contribution in [0.1, 0.15) is 80.5 Å². The molecule has 0 spiro atoms. The van der Waals surface area contributed by atoms with Crippen molar-refractivity contribution in [2.45, 2.75) is 82.6 Å². The van der Waals surface area contributed by atoms with Crippen LogP contribution in [0.2, 0.25) is 0 Å². The van der Waals surface area contributed by atoms with E-state index < -0.39 is 48.8 Å². The molecule has 4 aromatic carbocycles. The Balaban J connectivity index is 0.000000249. The summed E-state index contributed by atoms with van der Waals surface area (Å²) in [7, 11) is 2.92. The molecule has 0 unspecified atom stereocenters. The van der Waals surface area contributed by atoms with Crippen LogP contribution in [0.25, 0.3) is 21.8 Å². The minimum atomic E-state index is -5.04. The Kier molecular flexibility index (Phi) is 19.5. The average molecular weight is 1120 g/mol. The normalized spacial score (nSPS) is 14.8. The molecule has 3 amide bonds. The van der Waals surface area contributed by atoms with Gasteiger partial charge in [0.15, 0.2) is 11.5 Å². The van der Waals surface area contributed by atoms with E-state index in [2.05, 4.69) is 9.47 Å². The van der Waals surface area contributed by atoms with Gasteiger partial charge in [0, 0.05) is 89.7 Å². The van der Waals surface area contributed by atoms with Crippen molar-refractivity contribution < 1.29 is 81.6 Å². The van der Waals surface area contributed by atoms with Gasteiger partial charge in [-0.1, -0.05) is 48.5 Å². The van der Waals surface area contributed by atoms with Crippen molar-refractivity contribution in [3.05, 3.63) is 130 Å². The molecule has 6 aromatic rings. The van der Waals surface area contributed by atoms with E-state index in [1.165, 1.54) is 72.3 Å². The highest BCUT2D eigenvalue weighted by Crippen LogP contribution is 2.38. The number of nitrogens with zero attached hydrogens (tertiary/aromatic N) is 4. The third kappa shape index (κ3) is 14.7. The number of piperidine rings is 2. The molecule has 2 fully saturated rings. The number of benzene rings is 4. The molecule has 8 rings (SSSR count). The zero-order valence-corrected chi connectivity index (χ0v) is 42.2. The highest BCUT2D eigenvalue weighted by atomic mass is 35.5. The predicted molar refractivity (Wildman–Crippen MR) is 263 cm³/mol. The van der Waals surface area contributed by atoms with Crippen molar-refractivity contribution in [1.29, 1.82) is 0 Å². The molecule has 2 aromatic heterocycles. The second-order valence-electron chi connectivity index (χ2n) is 18.1. The number of carbonyl (C=O) groups excluding carboxylic acids is 3. The Hall–Kier alpha value is -6.63. The fourth-order valence-electron chi connectivity index (χ4n) is 9.60. The summed E-state index contributed by atoms with van der Waals surface area (Å²) in [6.07, 6.45) is -10.0. The quantitative estimate of drug-likeness (QED) is 0.0968. The van der Waals surface area contributed by atoms with Crippen LogP contribution in [0.15, 0.2) is 85.2 Å². The van der Waals surface area contributed by atoms with Crippen LogP contribution in [0.5, 0.6) is 11.5 Å². The molecule has 418 valence electrons. The molecule has 0 atom stereocenters. The van der Waals surface area contributed by atoms with E-state index >= 15 is 0 Å². The molecule has 3 N–H and O–H groups in total. The first-order chi connectivity index (χ1) is 36.0. The summed E-state index contributed by atoms with van der Waals surface area (Å²) < 4.78 is 166.